The van der Waals surface area contributed by atoms with Gasteiger partial charge in [-0.15, -0.1) is 0 Å². The maximum atomic E-state index is 6.02. The smallest absolute Gasteiger partial charge is 0.232 e. The van der Waals surface area contributed by atoms with E-state index in [2.05, 4.69) is 30.7 Å². The molecular weight excluding hydrogens is 370 g/mol. The van der Waals surface area contributed by atoms with Crippen molar-refractivity contribution in [3.05, 3.63) is 35.0 Å². The average molecular weight is 394 g/mol. The predicted molar refractivity (Wildman–Crippen MR) is 102 cm³/mol. The molecule has 2 aromatic heterocycles. The minimum atomic E-state index is 0.229. The van der Waals surface area contributed by atoms with Crippen molar-refractivity contribution in [3.63, 3.8) is 0 Å². The molecule has 2 aromatic rings. The van der Waals surface area contributed by atoms with E-state index in [1.165, 1.54) is 0 Å². The van der Waals surface area contributed by atoms with Crippen LogP contribution in [0, 0.1) is 0 Å². The Morgan fingerprint density at radius 1 is 1.48 bits per heavy atom. The summed E-state index contributed by atoms with van der Waals surface area (Å²) >= 11 is 6.02. The lowest BCUT2D eigenvalue weighted by Crippen LogP contribution is -2.47. The first-order valence-corrected chi connectivity index (χ1v) is 9.19. The first-order valence-electron chi connectivity index (χ1n) is 8.81. The Morgan fingerprint density at radius 2 is 2.37 bits per heavy atom. The molecule has 1 aliphatic rings. The lowest BCUT2D eigenvalue weighted by molar-refractivity contribution is 0.177. The Labute approximate surface area is 163 Å². The summed E-state index contributed by atoms with van der Waals surface area (Å²) in [4.78, 5) is 12.9. The fourth-order valence-electron chi connectivity index (χ4n) is 2.85. The van der Waals surface area contributed by atoms with Crippen LogP contribution >= 0.6 is 11.6 Å². The first kappa shape index (κ1) is 19.4. The second kappa shape index (κ2) is 9.52. The molecule has 0 aromatic carbocycles. The van der Waals surface area contributed by atoms with Crippen LogP contribution in [0.2, 0.25) is 5.02 Å². The standard InChI is InChI=1S/C17H24ClN7O2/c1-19-17(21-8-9-27-16-13(18)4-3-7-20-16)22-12-5-6-15-23-14(11-26-2)24-25(15)10-12/h3-4,7,12H,5-6,8-11H2,1-2H3,(H2,19,21,22). The zero-order valence-electron chi connectivity index (χ0n) is 15.5. The second-order valence-electron chi connectivity index (χ2n) is 6.08. The Balaban J connectivity index is 1.44. The molecule has 0 spiro atoms. The number of hydrogen-bond acceptors (Lipinski definition) is 6. The van der Waals surface area contributed by atoms with Crippen molar-refractivity contribution in [2.75, 3.05) is 27.3 Å². The fraction of sp³-hybridized carbons (Fsp3) is 0.529. The Morgan fingerprint density at radius 3 is 3.15 bits per heavy atom. The van der Waals surface area contributed by atoms with E-state index in [1.807, 2.05) is 4.68 Å². The highest BCUT2D eigenvalue weighted by Gasteiger charge is 2.22. The molecule has 2 N–H and O–H groups in total. The van der Waals surface area contributed by atoms with E-state index < -0.39 is 0 Å². The molecule has 27 heavy (non-hydrogen) atoms. The molecule has 0 saturated heterocycles. The Kier molecular flexibility index (Phi) is 6.83. The van der Waals surface area contributed by atoms with Crippen LogP contribution in [0.4, 0.5) is 0 Å². The van der Waals surface area contributed by atoms with Gasteiger partial charge in [-0.2, -0.15) is 5.10 Å². The summed E-state index contributed by atoms with van der Waals surface area (Å²) in [6, 6.07) is 3.74. The van der Waals surface area contributed by atoms with Gasteiger partial charge < -0.3 is 20.1 Å². The molecule has 0 radical (unpaired) electrons. The van der Waals surface area contributed by atoms with Gasteiger partial charge >= 0.3 is 0 Å². The maximum absolute atomic E-state index is 6.02. The van der Waals surface area contributed by atoms with Gasteiger partial charge in [-0.25, -0.2) is 14.6 Å². The normalized spacial score (nSPS) is 16.7. The quantitative estimate of drug-likeness (QED) is 0.412. The lowest BCUT2D eigenvalue weighted by Gasteiger charge is -2.25. The molecule has 1 atom stereocenters. The van der Waals surface area contributed by atoms with Crippen LogP contribution in [0.5, 0.6) is 5.88 Å². The van der Waals surface area contributed by atoms with Gasteiger partial charge in [-0.1, -0.05) is 11.6 Å². The van der Waals surface area contributed by atoms with Gasteiger partial charge in [0.1, 0.15) is 24.1 Å². The van der Waals surface area contributed by atoms with E-state index in [0.717, 1.165) is 37.0 Å². The molecule has 9 nitrogen and oxygen atoms in total. The minimum absolute atomic E-state index is 0.229. The van der Waals surface area contributed by atoms with Crippen molar-refractivity contribution in [2.24, 2.45) is 4.99 Å². The SMILES string of the molecule is CN=C(NCCOc1ncccc1Cl)NC1CCc2nc(COC)nn2C1. The molecule has 1 aliphatic heterocycles. The molecule has 1 unspecified atom stereocenters. The Bertz CT molecular complexity index is 780. The number of rotatable bonds is 7. The van der Waals surface area contributed by atoms with Crippen LogP contribution in [0.15, 0.2) is 23.3 Å². The predicted octanol–water partition coefficient (Wildman–Crippen LogP) is 1.03. The van der Waals surface area contributed by atoms with E-state index in [9.17, 15) is 0 Å². The second-order valence-corrected chi connectivity index (χ2v) is 6.48. The van der Waals surface area contributed by atoms with Gasteiger partial charge in [0.2, 0.25) is 5.88 Å². The molecule has 0 saturated carbocycles. The highest BCUT2D eigenvalue weighted by Crippen LogP contribution is 2.19. The summed E-state index contributed by atoms with van der Waals surface area (Å²) < 4.78 is 12.6. The van der Waals surface area contributed by atoms with Gasteiger partial charge in [0.05, 0.1) is 13.1 Å². The summed E-state index contributed by atoms with van der Waals surface area (Å²) in [6.07, 6.45) is 3.48. The molecule has 3 heterocycles. The van der Waals surface area contributed by atoms with Crippen molar-refractivity contribution in [1.29, 1.82) is 0 Å². The number of ether oxygens (including phenoxy) is 2. The molecule has 3 rings (SSSR count). The van der Waals surface area contributed by atoms with Gasteiger partial charge in [-0.3, -0.25) is 4.99 Å². The number of fused-ring (bicyclic) bond motifs is 1. The molecule has 0 aliphatic carbocycles. The molecule has 0 fully saturated rings. The van der Waals surface area contributed by atoms with Crippen LogP contribution < -0.4 is 15.4 Å². The number of methoxy groups -OCH3 is 1. The minimum Gasteiger partial charge on any atom is -0.475 e. The summed E-state index contributed by atoms with van der Waals surface area (Å²) in [6.45, 7) is 2.18. The van der Waals surface area contributed by atoms with Crippen LogP contribution in [-0.2, 0) is 24.3 Å². The van der Waals surface area contributed by atoms with Crippen LogP contribution in [-0.4, -0.2) is 59.1 Å². The van der Waals surface area contributed by atoms with Crippen LogP contribution in [0.1, 0.15) is 18.1 Å². The van der Waals surface area contributed by atoms with E-state index in [4.69, 9.17) is 21.1 Å². The highest BCUT2D eigenvalue weighted by molar-refractivity contribution is 6.31. The van der Waals surface area contributed by atoms with Gasteiger partial charge in [0.15, 0.2) is 11.8 Å². The van der Waals surface area contributed by atoms with Crippen molar-refractivity contribution >= 4 is 17.6 Å². The third-order valence-corrected chi connectivity index (χ3v) is 4.39. The van der Waals surface area contributed by atoms with Crippen molar-refractivity contribution in [1.82, 2.24) is 30.4 Å². The summed E-state index contributed by atoms with van der Waals surface area (Å²) in [5.41, 5.74) is 0. The summed E-state index contributed by atoms with van der Waals surface area (Å²) in [5.74, 6) is 2.88. The Hall–Kier alpha value is -2.39. The number of aryl methyl sites for hydroxylation is 1. The first-order chi connectivity index (χ1) is 13.2. The van der Waals surface area contributed by atoms with E-state index in [1.54, 1.807) is 32.5 Å². The number of aliphatic imine (C=N–C) groups is 1. The van der Waals surface area contributed by atoms with Crippen molar-refractivity contribution < 1.29 is 9.47 Å². The monoisotopic (exact) mass is 393 g/mol. The number of aromatic nitrogens is 4. The van der Waals surface area contributed by atoms with Crippen LogP contribution in [0.3, 0.4) is 0 Å². The van der Waals surface area contributed by atoms with Crippen LogP contribution in [0.25, 0.3) is 0 Å². The number of halogens is 1. The maximum Gasteiger partial charge on any atom is 0.232 e. The average Bonchev–Trinajstić information content (AvgIpc) is 3.07. The molecular formula is C17H24ClN7O2. The fourth-order valence-corrected chi connectivity index (χ4v) is 3.03. The van der Waals surface area contributed by atoms with Crippen molar-refractivity contribution in [3.8, 4) is 5.88 Å². The number of nitrogens with zero attached hydrogens (tertiary/aromatic N) is 5. The van der Waals surface area contributed by atoms with E-state index >= 15 is 0 Å². The van der Waals surface area contributed by atoms with Gasteiger partial charge in [0.25, 0.3) is 0 Å². The van der Waals surface area contributed by atoms with Gasteiger partial charge in [-0.05, 0) is 18.6 Å². The molecule has 10 heteroatoms. The topological polar surface area (TPSA) is 98.5 Å². The van der Waals surface area contributed by atoms with E-state index in [0.29, 0.717) is 30.7 Å². The number of pyridine rings is 1. The number of guanidine groups is 1. The number of hydrogen-bond donors (Lipinski definition) is 2. The summed E-state index contributed by atoms with van der Waals surface area (Å²) in [5, 5.41) is 11.6. The van der Waals surface area contributed by atoms with Gasteiger partial charge in [0, 0.05) is 32.8 Å². The largest absolute Gasteiger partial charge is 0.475 e. The zero-order chi connectivity index (χ0) is 19.1. The number of nitrogens with one attached hydrogen (secondary N) is 2. The highest BCUT2D eigenvalue weighted by atomic mass is 35.5. The zero-order valence-corrected chi connectivity index (χ0v) is 16.2. The van der Waals surface area contributed by atoms with E-state index in [-0.39, 0.29) is 6.04 Å². The van der Waals surface area contributed by atoms with Crippen molar-refractivity contribution in [2.45, 2.75) is 32.0 Å². The molecule has 0 bridgehead atoms. The molecule has 0 amide bonds. The lowest BCUT2D eigenvalue weighted by atomic mass is 10.1. The third kappa shape index (κ3) is 5.30. The molecule has 146 valence electrons. The summed E-state index contributed by atoms with van der Waals surface area (Å²) in [7, 11) is 3.39. The third-order valence-electron chi connectivity index (χ3n) is 4.10.